The van der Waals surface area contributed by atoms with Crippen LogP contribution in [0.3, 0.4) is 0 Å². The molecule has 0 bridgehead atoms. The van der Waals surface area contributed by atoms with Gasteiger partial charge >= 0.3 is 6.36 Å². The first-order valence-corrected chi connectivity index (χ1v) is 11.5. The Bertz CT molecular complexity index is 1340. The molecule has 33 heavy (non-hydrogen) atoms. The maximum atomic E-state index is 12.7. The predicted molar refractivity (Wildman–Crippen MR) is 111 cm³/mol. The normalized spacial score (nSPS) is 13.8. The van der Waals surface area contributed by atoms with Crippen molar-refractivity contribution in [1.82, 2.24) is 20.3 Å². The number of nitriles is 1. The molecule has 0 spiro atoms. The first-order valence-electron chi connectivity index (χ1n) is 9.05. The van der Waals surface area contributed by atoms with Crippen LogP contribution in [0.5, 0.6) is 5.75 Å². The van der Waals surface area contributed by atoms with Crippen LogP contribution in [0.4, 0.5) is 13.2 Å². The third-order valence-electron chi connectivity index (χ3n) is 4.22. The van der Waals surface area contributed by atoms with Gasteiger partial charge in [0.25, 0.3) is 5.91 Å². The number of hydrogen-bond acceptors (Lipinski definition) is 7. The van der Waals surface area contributed by atoms with Crippen molar-refractivity contribution in [2.24, 2.45) is 0 Å². The van der Waals surface area contributed by atoms with Crippen molar-refractivity contribution in [3.8, 4) is 11.8 Å². The molecule has 0 radical (unpaired) electrons. The van der Waals surface area contributed by atoms with E-state index in [-0.39, 0.29) is 5.56 Å². The number of nitrogens with zero attached hydrogens (tertiary/aromatic N) is 4. The molecule has 0 aliphatic rings. The Morgan fingerprint density at radius 3 is 2.39 bits per heavy atom. The summed E-state index contributed by atoms with van der Waals surface area (Å²) < 4.78 is 64.7. The minimum atomic E-state index is -4.90. The summed E-state index contributed by atoms with van der Waals surface area (Å²) in [5.74, 6) is -2.21. The third-order valence-corrected chi connectivity index (χ3v) is 5.47. The summed E-state index contributed by atoms with van der Waals surface area (Å²) in [6.07, 6.45) is -4.01. The molecule has 1 amide bonds. The van der Waals surface area contributed by atoms with Crippen LogP contribution in [0, 0.1) is 11.3 Å². The number of aromatic nitrogens is 3. The van der Waals surface area contributed by atoms with Gasteiger partial charge in [0.05, 0.1) is 18.4 Å². The number of sulfone groups is 1. The number of amides is 1. The first-order chi connectivity index (χ1) is 15.3. The largest absolute Gasteiger partial charge is 0.573 e. The molecule has 1 unspecified atom stereocenters. The Labute approximate surface area is 190 Å². The Hall–Kier alpha value is -3.37. The van der Waals surface area contributed by atoms with E-state index in [1.165, 1.54) is 6.07 Å². The maximum absolute atomic E-state index is 12.7. The molecular formula is C19H15ClF3N5O4S. The zero-order valence-corrected chi connectivity index (χ0v) is 18.4. The second-order valence-corrected chi connectivity index (χ2v) is 9.73. The van der Waals surface area contributed by atoms with Crippen LogP contribution in [-0.4, -0.2) is 53.2 Å². The molecule has 3 rings (SSSR count). The fraction of sp³-hybridized carbons (Fsp3) is 0.263. The average Bonchev–Trinajstić information content (AvgIpc) is 3.06. The van der Waals surface area contributed by atoms with Gasteiger partial charge in [0, 0.05) is 16.8 Å². The Kier molecular flexibility index (Phi) is 6.53. The molecule has 174 valence electrons. The van der Waals surface area contributed by atoms with Gasteiger partial charge in [-0.25, -0.2) is 8.42 Å². The van der Waals surface area contributed by atoms with E-state index in [1.807, 2.05) is 6.07 Å². The molecule has 14 heteroatoms. The molecule has 0 saturated carbocycles. The molecule has 0 saturated heterocycles. The lowest BCUT2D eigenvalue weighted by Crippen LogP contribution is -2.55. The second-order valence-electron chi connectivity index (χ2n) is 7.15. The summed E-state index contributed by atoms with van der Waals surface area (Å²) in [6, 6.07) is 10.4. The van der Waals surface area contributed by atoms with E-state index >= 15 is 0 Å². The Morgan fingerprint density at radius 2 is 1.82 bits per heavy atom. The molecule has 2 aromatic carbocycles. The minimum absolute atomic E-state index is 0.122. The highest BCUT2D eigenvalue weighted by molar-refractivity contribution is 7.90. The molecule has 1 heterocycles. The van der Waals surface area contributed by atoms with Crippen LogP contribution in [0.15, 0.2) is 42.5 Å². The number of alkyl halides is 3. The predicted octanol–water partition coefficient (Wildman–Crippen LogP) is 2.72. The molecule has 0 aliphatic carbocycles. The molecule has 3 aromatic rings. The standard InChI is InChI=1S/C19H15ClF3N5O4S/c1-33(30,31)11-18(9-24,10-28-26-15-7-4-13(20)8-16(15)27-28)25-17(29)12-2-5-14(6-3-12)32-19(21,22)23/h2-8H,10-11H2,1H3,(H,25,29). The van der Waals surface area contributed by atoms with Crippen molar-refractivity contribution in [2.45, 2.75) is 18.4 Å². The van der Waals surface area contributed by atoms with E-state index in [2.05, 4.69) is 20.3 Å². The van der Waals surface area contributed by atoms with Crippen LogP contribution in [-0.2, 0) is 16.4 Å². The van der Waals surface area contributed by atoms with Crippen LogP contribution in [0.2, 0.25) is 5.02 Å². The van der Waals surface area contributed by atoms with Crippen molar-refractivity contribution in [3.63, 3.8) is 0 Å². The fourth-order valence-electron chi connectivity index (χ4n) is 3.01. The van der Waals surface area contributed by atoms with Gasteiger partial charge in [-0.05, 0) is 42.5 Å². The summed E-state index contributed by atoms with van der Waals surface area (Å²) in [7, 11) is -3.78. The first kappa shape index (κ1) is 24.3. The molecular weight excluding hydrogens is 487 g/mol. The van der Waals surface area contributed by atoms with Crippen molar-refractivity contribution in [2.75, 3.05) is 12.0 Å². The van der Waals surface area contributed by atoms with Crippen LogP contribution < -0.4 is 10.1 Å². The van der Waals surface area contributed by atoms with Crippen molar-refractivity contribution in [3.05, 3.63) is 53.1 Å². The third kappa shape index (κ3) is 6.56. The molecule has 1 aromatic heterocycles. The van der Waals surface area contributed by atoms with Gasteiger partial charge in [0.15, 0.2) is 15.4 Å². The van der Waals surface area contributed by atoms with E-state index < -0.39 is 45.7 Å². The second kappa shape index (κ2) is 8.87. The zero-order chi connectivity index (χ0) is 24.4. The topological polar surface area (TPSA) is 127 Å². The summed E-state index contributed by atoms with van der Waals surface area (Å²) in [5, 5.41) is 20.9. The van der Waals surface area contributed by atoms with Gasteiger partial charge in [-0.15, -0.1) is 13.2 Å². The van der Waals surface area contributed by atoms with E-state index in [4.69, 9.17) is 11.6 Å². The van der Waals surface area contributed by atoms with Gasteiger partial charge in [0.1, 0.15) is 16.8 Å². The van der Waals surface area contributed by atoms with Crippen molar-refractivity contribution in [1.29, 1.82) is 5.26 Å². The molecule has 1 atom stereocenters. The number of hydrogen-bond donors (Lipinski definition) is 1. The van der Waals surface area contributed by atoms with Gasteiger partial charge < -0.3 is 10.1 Å². The smallest absolute Gasteiger partial charge is 0.406 e. The minimum Gasteiger partial charge on any atom is -0.406 e. The highest BCUT2D eigenvalue weighted by Crippen LogP contribution is 2.23. The number of ether oxygens (including phenoxy) is 1. The Balaban J connectivity index is 1.89. The molecule has 9 nitrogen and oxygen atoms in total. The summed E-state index contributed by atoms with van der Waals surface area (Å²) in [4.78, 5) is 13.8. The lowest BCUT2D eigenvalue weighted by atomic mass is 10.0. The summed E-state index contributed by atoms with van der Waals surface area (Å²) >= 11 is 5.92. The van der Waals surface area contributed by atoms with Crippen LogP contribution >= 0.6 is 11.6 Å². The van der Waals surface area contributed by atoms with E-state index in [9.17, 15) is 31.6 Å². The van der Waals surface area contributed by atoms with Gasteiger partial charge in [0.2, 0.25) is 0 Å². The molecule has 1 N–H and O–H groups in total. The number of carbonyl (C=O) groups is 1. The number of fused-ring (bicyclic) bond motifs is 1. The van der Waals surface area contributed by atoms with E-state index in [0.717, 1.165) is 35.3 Å². The highest BCUT2D eigenvalue weighted by Gasteiger charge is 2.38. The van der Waals surface area contributed by atoms with Crippen molar-refractivity contribution >= 4 is 38.4 Å². The van der Waals surface area contributed by atoms with Crippen LogP contribution in [0.25, 0.3) is 11.0 Å². The Morgan fingerprint density at radius 1 is 1.18 bits per heavy atom. The number of halogens is 4. The number of carbonyl (C=O) groups excluding carboxylic acids is 1. The number of benzene rings is 2. The van der Waals surface area contributed by atoms with Gasteiger partial charge in [-0.1, -0.05) is 11.6 Å². The van der Waals surface area contributed by atoms with Gasteiger partial charge in [-0.3, -0.25) is 4.79 Å². The SMILES string of the molecule is CS(=O)(=O)CC(C#N)(Cn1nc2ccc(Cl)cc2n1)NC(=O)c1ccc(OC(F)(F)F)cc1. The average molecular weight is 502 g/mol. The number of nitrogens with one attached hydrogen (secondary N) is 1. The fourth-order valence-corrected chi connectivity index (χ4v) is 4.30. The van der Waals surface area contributed by atoms with Crippen molar-refractivity contribution < 1.29 is 31.1 Å². The zero-order valence-electron chi connectivity index (χ0n) is 16.8. The summed E-state index contributed by atoms with van der Waals surface area (Å²) in [6.45, 7) is -0.427. The quantitative estimate of drug-likeness (QED) is 0.527. The number of rotatable bonds is 7. The maximum Gasteiger partial charge on any atom is 0.573 e. The molecule has 0 fully saturated rings. The highest BCUT2D eigenvalue weighted by atomic mass is 35.5. The van der Waals surface area contributed by atoms with Gasteiger partial charge in [-0.2, -0.15) is 20.3 Å². The summed E-state index contributed by atoms with van der Waals surface area (Å²) in [5.41, 5.74) is -1.29. The van der Waals surface area contributed by atoms with E-state index in [0.29, 0.717) is 16.1 Å². The molecule has 0 aliphatic heterocycles. The monoisotopic (exact) mass is 501 g/mol. The lowest BCUT2D eigenvalue weighted by Gasteiger charge is -2.26. The van der Waals surface area contributed by atoms with Crippen LogP contribution in [0.1, 0.15) is 10.4 Å². The lowest BCUT2D eigenvalue weighted by molar-refractivity contribution is -0.274. The van der Waals surface area contributed by atoms with E-state index in [1.54, 1.807) is 12.1 Å².